The van der Waals surface area contributed by atoms with E-state index in [9.17, 15) is 4.39 Å². The molecule has 0 fully saturated rings. The Labute approximate surface area is 89.3 Å². The van der Waals surface area contributed by atoms with Crippen molar-refractivity contribution in [2.24, 2.45) is 0 Å². The third-order valence-corrected chi connectivity index (χ3v) is 2.58. The molecular weight excluding hydrogens is 247 g/mol. The molecule has 0 aliphatic carbocycles. The fraction of sp³-hybridized carbons (Fsp3) is 0.200. The topological polar surface area (TPSA) is 25.8 Å². The number of fused-ring (bicyclic) bond motifs is 1. The van der Waals surface area contributed by atoms with Gasteiger partial charge in [0.15, 0.2) is 0 Å². The molecule has 1 aromatic carbocycles. The van der Waals surface area contributed by atoms with Gasteiger partial charge in [0.2, 0.25) is 0 Å². The first-order chi connectivity index (χ1) is 6.70. The molecule has 0 N–H and O–H groups in total. The molecule has 14 heavy (non-hydrogen) atoms. The summed E-state index contributed by atoms with van der Waals surface area (Å²) in [5.41, 5.74) is 0.642. The Balaban J connectivity index is 2.77. The van der Waals surface area contributed by atoms with Gasteiger partial charge in [-0.3, -0.25) is 0 Å². The molecular formula is C10H8BrFN2. The summed E-state index contributed by atoms with van der Waals surface area (Å²) in [4.78, 5) is 8.47. The molecule has 2 aromatic rings. The van der Waals surface area contributed by atoms with Gasteiger partial charge in [-0.15, -0.1) is 0 Å². The zero-order valence-electron chi connectivity index (χ0n) is 7.59. The summed E-state index contributed by atoms with van der Waals surface area (Å²) in [7, 11) is 0. The lowest BCUT2D eigenvalue weighted by Crippen LogP contribution is -1.94. The van der Waals surface area contributed by atoms with Crippen molar-refractivity contribution >= 4 is 26.8 Å². The van der Waals surface area contributed by atoms with Crippen molar-refractivity contribution < 1.29 is 4.39 Å². The third-order valence-electron chi connectivity index (χ3n) is 1.97. The van der Waals surface area contributed by atoms with Gasteiger partial charge in [-0.1, -0.05) is 6.92 Å². The van der Waals surface area contributed by atoms with Gasteiger partial charge in [0.1, 0.15) is 16.2 Å². The van der Waals surface area contributed by atoms with E-state index in [2.05, 4.69) is 25.9 Å². The highest BCUT2D eigenvalue weighted by molar-refractivity contribution is 9.10. The molecule has 1 aromatic heterocycles. The Morgan fingerprint density at radius 1 is 1.36 bits per heavy atom. The van der Waals surface area contributed by atoms with Crippen LogP contribution < -0.4 is 0 Å². The molecule has 2 rings (SSSR count). The highest BCUT2D eigenvalue weighted by atomic mass is 79.9. The molecule has 0 saturated heterocycles. The molecule has 0 aliphatic rings. The van der Waals surface area contributed by atoms with Crippen LogP contribution in [0.2, 0.25) is 0 Å². The molecule has 0 bridgehead atoms. The molecule has 0 spiro atoms. The van der Waals surface area contributed by atoms with E-state index in [1.165, 1.54) is 12.1 Å². The molecule has 0 atom stereocenters. The Kier molecular flexibility index (Phi) is 2.46. The molecule has 2 nitrogen and oxygen atoms in total. The minimum atomic E-state index is -0.273. The van der Waals surface area contributed by atoms with Crippen molar-refractivity contribution in [1.29, 1.82) is 0 Å². The van der Waals surface area contributed by atoms with Gasteiger partial charge >= 0.3 is 0 Å². The van der Waals surface area contributed by atoms with Crippen LogP contribution in [-0.4, -0.2) is 9.97 Å². The van der Waals surface area contributed by atoms with Crippen LogP contribution in [0.5, 0.6) is 0 Å². The maximum Gasteiger partial charge on any atom is 0.130 e. The molecule has 0 unspecified atom stereocenters. The number of halogens is 2. The molecule has 72 valence electrons. The standard InChI is InChI=1S/C10H8BrFN2/c1-2-9-13-8-5-6(12)3-4-7(8)10(11)14-9/h3-5H,2H2,1H3. The number of rotatable bonds is 1. The van der Waals surface area contributed by atoms with Gasteiger partial charge in [0.05, 0.1) is 5.52 Å². The predicted molar refractivity (Wildman–Crippen MR) is 56.6 cm³/mol. The number of benzene rings is 1. The molecule has 0 amide bonds. The Bertz CT molecular complexity index is 485. The van der Waals surface area contributed by atoms with Crippen LogP contribution in [0.25, 0.3) is 10.9 Å². The Hall–Kier alpha value is -1.03. The first-order valence-electron chi connectivity index (χ1n) is 4.32. The van der Waals surface area contributed by atoms with Gasteiger partial charge < -0.3 is 0 Å². The van der Waals surface area contributed by atoms with Gasteiger partial charge in [-0.05, 0) is 28.1 Å². The highest BCUT2D eigenvalue weighted by Crippen LogP contribution is 2.21. The Morgan fingerprint density at radius 2 is 2.14 bits per heavy atom. The molecule has 1 heterocycles. The van der Waals surface area contributed by atoms with E-state index in [-0.39, 0.29) is 5.82 Å². The lowest BCUT2D eigenvalue weighted by atomic mass is 10.2. The number of aryl methyl sites for hydroxylation is 1. The number of aromatic nitrogens is 2. The van der Waals surface area contributed by atoms with Gasteiger partial charge in [-0.25, -0.2) is 14.4 Å². The minimum absolute atomic E-state index is 0.273. The average molecular weight is 255 g/mol. The second-order valence-electron chi connectivity index (χ2n) is 2.95. The zero-order chi connectivity index (χ0) is 10.1. The summed E-state index contributed by atoms with van der Waals surface area (Å²) in [6.45, 7) is 1.97. The lowest BCUT2D eigenvalue weighted by Gasteiger charge is -2.02. The fourth-order valence-corrected chi connectivity index (χ4v) is 1.81. The van der Waals surface area contributed by atoms with Gasteiger partial charge in [-0.2, -0.15) is 0 Å². The summed E-state index contributed by atoms with van der Waals surface area (Å²) in [5, 5.41) is 0.837. The van der Waals surface area contributed by atoms with E-state index in [1.807, 2.05) is 6.92 Å². The first-order valence-corrected chi connectivity index (χ1v) is 5.11. The predicted octanol–water partition coefficient (Wildman–Crippen LogP) is 3.09. The van der Waals surface area contributed by atoms with Crippen molar-refractivity contribution in [3.8, 4) is 0 Å². The maximum atomic E-state index is 12.9. The third kappa shape index (κ3) is 1.62. The molecule has 0 aliphatic heterocycles. The smallest absolute Gasteiger partial charge is 0.130 e. The summed E-state index contributed by atoms with van der Waals surface area (Å²) in [6.07, 6.45) is 0.741. The Morgan fingerprint density at radius 3 is 2.86 bits per heavy atom. The van der Waals surface area contributed by atoms with Crippen molar-refractivity contribution in [2.45, 2.75) is 13.3 Å². The normalized spacial score (nSPS) is 10.8. The van der Waals surface area contributed by atoms with Crippen LogP contribution in [0.15, 0.2) is 22.8 Å². The second kappa shape index (κ2) is 3.61. The second-order valence-corrected chi connectivity index (χ2v) is 3.70. The van der Waals surface area contributed by atoms with Gasteiger partial charge in [0.25, 0.3) is 0 Å². The number of hydrogen-bond acceptors (Lipinski definition) is 2. The van der Waals surface area contributed by atoms with Gasteiger partial charge in [0, 0.05) is 17.9 Å². The van der Waals surface area contributed by atoms with Crippen LogP contribution in [0.1, 0.15) is 12.7 Å². The summed E-state index contributed by atoms with van der Waals surface area (Å²) in [6, 6.07) is 4.50. The SMILES string of the molecule is CCc1nc(Br)c2ccc(F)cc2n1. The van der Waals surface area contributed by atoms with Crippen LogP contribution in [-0.2, 0) is 6.42 Å². The monoisotopic (exact) mass is 254 g/mol. The fourth-order valence-electron chi connectivity index (χ4n) is 1.27. The van der Waals surface area contributed by atoms with E-state index in [1.54, 1.807) is 6.07 Å². The van der Waals surface area contributed by atoms with Crippen molar-refractivity contribution in [3.63, 3.8) is 0 Å². The van der Waals surface area contributed by atoms with E-state index < -0.39 is 0 Å². The van der Waals surface area contributed by atoms with E-state index >= 15 is 0 Å². The number of nitrogens with zero attached hydrogens (tertiary/aromatic N) is 2. The summed E-state index contributed by atoms with van der Waals surface area (Å²) < 4.78 is 13.6. The molecule has 4 heteroatoms. The van der Waals surface area contributed by atoms with Crippen molar-refractivity contribution in [1.82, 2.24) is 9.97 Å². The average Bonchev–Trinajstić information content (AvgIpc) is 2.16. The largest absolute Gasteiger partial charge is 0.233 e. The maximum absolute atomic E-state index is 12.9. The van der Waals surface area contributed by atoms with E-state index in [0.29, 0.717) is 5.52 Å². The zero-order valence-corrected chi connectivity index (χ0v) is 9.18. The van der Waals surface area contributed by atoms with Crippen LogP contribution in [0.4, 0.5) is 4.39 Å². The van der Waals surface area contributed by atoms with Crippen molar-refractivity contribution in [3.05, 3.63) is 34.4 Å². The number of hydrogen-bond donors (Lipinski definition) is 0. The van der Waals surface area contributed by atoms with Crippen LogP contribution in [0, 0.1) is 5.82 Å². The highest BCUT2D eigenvalue weighted by Gasteiger charge is 2.04. The van der Waals surface area contributed by atoms with E-state index in [0.717, 1.165) is 22.2 Å². The van der Waals surface area contributed by atoms with Crippen molar-refractivity contribution in [2.75, 3.05) is 0 Å². The summed E-state index contributed by atoms with van der Waals surface area (Å²) in [5.74, 6) is 0.445. The van der Waals surface area contributed by atoms with E-state index in [4.69, 9.17) is 0 Å². The van der Waals surface area contributed by atoms with Crippen LogP contribution >= 0.6 is 15.9 Å². The molecule has 0 radical (unpaired) electrons. The quantitative estimate of drug-likeness (QED) is 0.732. The van der Waals surface area contributed by atoms with Crippen LogP contribution in [0.3, 0.4) is 0 Å². The minimum Gasteiger partial charge on any atom is -0.233 e. The first kappa shape index (κ1) is 9.52. The summed E-state index contributed by atoms with van der Waals surface area (Å²) >= 11 is 3.34. The molecule has 0 saturated carbocycles. The lowest BCUT2D eigenvalue weighted by molar-refractivity contribution is 0.629.